The summed E-state index contributed by atoms with van der Waals surface area (Å²) < 4.78 is 58.9. The Bertz CT molecular complexity index is 164. The highest BCUT2D eigenvalue weighted by molar-refractivity contribution is 6.64. The first-order valence-corrected chi connectivity index (χ1v) is 3.15. The molecular weight excluding hydrogens is 206 g/mol. The molecule has 1 nitrogen and oxygen atoms in total. The Morgan fingerprint density at radius 1 is 1.00 bits per heavy atom. The van der Waals surface area contributed by atoms with Crippen LogP contribution in [0.25, 0.3) is 0 Å². The van der Waals surface area contributed by atoms with Crippen molar-refractivity contribution in [1.82, 2.24) is 0 Å². The van der Waals surface area contributed by atoms with Gasteiger partial charge in [0.05, 0.1) is 0 Å². The fourth-order valence-corrected chi connectivity index (χ4v) is 0.546. The van der Waals surface area contributed by atoms with E-state index >= 15 is 0 Å². The minimum absolute atomic E-state index is 1.83. The van der Waals surface area contributed by atoms with Crippen LogP contribution in [-0.4, -0.2) is 30.2 Å². The van der Waals surface area contributed by atoms with E-state index in [1.807, 2.05) is 0 Å². The first-order chi connectivity index (χ1) is 5.37. The van der Waals surface area contributed by atoms with Gasteiger partial charge in [-0.25, -0.2) is 22.0 Å². The lowest BCUT2D eigenvalue weighted by Crippen LogP contribution is -2.36. The molecule has 3 atom stereocenters. The van der Waals surface area contributed by atoms with Crippen LogP contribution in [0.2, 0.25) is 0 Å². The van der Waals surface area contributed by atoms with Crippen molar-refractivity contribution in [2.75, 3.05) is 0 Å². The van der Waals surface area contributed by atoms with Crippen molar-refractivity contribution in [1.29, 1.82) is 0 Å². The molecule has 0 aromatic rings. The largest absolute Gasteiger partial charge is 0.278 e. The minimum Gasteiger partial charge on any atom is -0.278 e. The maximum atomic E-state index is 12.2. The standard InChI is InChI=1S/C5H4ClF5O/c6-4(12)2(8)1(7)3(9)5(10)11/h1-3,5H. The smallest absolute Gasteiger partial charge is 0.272 e. The van der Waals surface area contributed by atoms with Crippen LogP contribution in [-0.2, 0) is 4.79 Å². The summed E-state index contributed by atoms with van der Waals surface area (Å²) in [7, 11) is 0. The summed E-state index contributed by atoms with van der Waals surface area (Å²) in [5, 5.41) is -1.83. The quantitative estimate of drug-likeness (QED) is 0.513. The van der Waals surface area contributed by atoms with Crippen LogP contribution < -0.4 is 0 Å². The SMILES string of the molecule is O=C(Cl)C(F)C(F)C(F)C(F)F. The molecule has 0 rings (SSSR count). The summed E-state index contributed by atoms with van der Waals surface area (Å²) in [5.41, 5.74) is 0. The van der Waals surface area contributed by atoms with E-state index in [-0.39, 0.29) is 0 Å². The molecule has 0 N–H and O–H groups in total. The van der Waals surface area contributed by atoms with Gasteiger partial charge in [-0.2, -0.15) is 0 Å². The molecule has 0 amide bonds. The third-order valence-electron chi connectivity index (χ3n) is 1.04. The molecule has 0 radical (unpaired) electrons. The Hall–Kier alpha value is -0.390. The molecule has 0 heterocycles. The van der Waals surface area contributed by atoms with E-state index in [0.29, 0.717) is 0 Å². The summed E-state index contributed by atoms with van der Waals surface area (Å²) in [4.78, 5) is 9.85. The lowest BCUT2D eigenvalue weighted by Gasteiger charge is -2.13. The second-order valence-electron chi connectivity index (χ2n) is 1.93. The molecule has 0 aliphatic heterocycles. The zero-order valence-electron chi connectivity index (χ0n) is 5.49. The van der Waals surface area contributed by atoms with Gasteiger partial charge in [0.2, 0.25) is 6.17 Å². The average molecular weight is 211 g/mol. The van der Waals surface area contributed by atoms with Crippen molar-refractivity contribution in [2.45, 2.75) is 24.9 Å². The Kier molecular flexibility index (Phi) is 4.44. The maximum absolute atomic E-state index is 12.2. The number of halogens is 6. The molecule has 0 aliphatic carbocycles. The topological polar surface area (TPSA) is 17.1 Å². The molecule has 0 aliphatic rings. The lowest BCUT2D eigenvalue weighted by molar-refractivity contribution is -0.121. The zero-order valence-corrected chi connectivity index (χ0v) is 6.24. The van der Waals surface area contributed by atoms with Gasteiger partial charge in [0.15, 0.2) is 12.3 Å². The fraction of sp³-hybridized carbons (Fsp3) is 0.800. The summed E-state index contributed by atoms with van der Waals surface area (Å²) in [5.74, 6) is 0. The first kappa shape index (κ1) is 11.6. The minimum atomic E-state index is -3.67. The molecule has 72 valence electrons. The van der Waals surface area contributed by atoms with Crippen LogP contribution in [0.4, 0.5) is 22.0 Å². The van der Waals surface area contributed by atoms with Crippen molar-refractivity contribution >= 4 is 16.8 Å². The van der Waals surface area contributed by atoms with Crippen LogP contribution in [0.15, 0.2) is 0 Å². The summed E-state index contributed by atoms with van der Waals surface area (Å²) in [6.07, 6.45) is -13.3. The molecule has 0 fully saturated rings. The number of carbonyl (C=O) groups excluding carboxylic acids is 1. The van der Waals surface area contributed by atoms with E-state index in [9.17, 15) is 26.7 Å². The molecule has 0 aromatic carbocycles. The Morgan fingerprint density at radius 2 is 1.42 bits per heavy atom. The molecule has 12 heavy (non-hydrogen) atoms. The van der Waals surface area contributed by atoms with Gasteiger partial charge < -0.3 is 0 Å². The molecule has 3 unspecified atom stereocenters. The molecule has 7 heteroatoms. The number of alkyl halides is 5. The van der Waals surface area contributed by atoms with Gasteiger partial charge >= 0.3 is 0 Å². The highest BCUT2D eigenvalue weighted by Crippen LogP contribution is 2.19. The van der Waals surface area contributed by atoms with Crippen molar-refractivity contribution in [3.8, 4) is 0 Å². The zero-order chi connectivity index (χ0) is 9.89. The normalized spacial score (nSPS) is 18.9. The molecule has 0 aromatic heterocycles. The maximum Gasteiger partial charge on any atom is 0.272 e. The van der Waals surface area contributed by atoms with Gasteiger partial charge in [-0.1, -0.05) is 0 Å². The number of hydrogen-bond acceptors (Lipinski definition) is 1. The van der Waals surface area contributed by atoms with Gasteiger partial charge in [0.25, 0.3) is 11.7 Å². The van der Waals surface area contributed by atoms with Crippen LogP contribution in [0, 0.1) is 0 Å². The van der Waals surface area contributed by atoms with E-state index < -0.39 is 30.2 Å². The average Bonchev–Trinajstić information content (AvgIpc) is 2.00. The second kappa shape index (κ2) is 4.59. The van der Waals surface area contributed by atoms with Crippen molar-refractivity contribution in [2.24, 2.45) is 0 Å². The Morgan fingerprint density at radius 3 is 1.67 bits per heavy atom. The third kappa shape index (κ3) is 2.92. The van der Waals surface area contributed by atoms with Crippen molar-refractivity contribution < 1.29 is 26.7 Å². The van der Waals surface area contributed by atoms with Crippen LogP contribution in [0.1, 0.15) is 0 Å². The van der Waals surface area contributed by atoms with Crippen LogP contribution in [0.3, 0.4) is 0 Å². The van der Waals surface area contributed by atoms with Crippen molar-refractivity contribution in [3.05, 3.63) is 0 Å². The van der Waals surface area contributed by atoms with Crippen LogP contribution >= 0.6 is 11.6 Å². The summed E-state index contributed by atoms with van der Waals surface area (Å²) >= 11 is 4.41. The molecule has 0 saturated carbocycles. The molecule has 0 saturated heterocycles. The van der Waals surface area contributed by atoms with E-state index in [2.05, 4.69) is 11.6 Å². The van der Waals surface area contributed by atoms with Crippen LogP contribution in [0.5, 0.6) is 0 Å². The Labute approximate surface area is 69.5 Å². The first-order valence-electron chi connectivity index (χ1n) is 2.77. The van der Waals surface area contributed by atoms with Gasteiger partial charge in [-0.05, 0) is 11.6 Å². The fourth-order valence-electron chi connectivity index (χ4n) is 0.426. The molecule has 0 spiro atoms. The van der Waals surface area contributed by atoms with Gasteiger partial charge in [-0.15, -0.1) is 0 Å². The number of carbonyl (C=O) groups is 1. The summed E-state index contributed by atoms with van der Waals surface area (Å²) in [6, 6.07) is 0. The van der Waals surface area contributed by atoms with E-state index in [0.717, 1.165) is 0 Å². The number of rotatable bonds is 4. The van der Waals surface area contributed by atoms with E-state index in [1.165, 1.54) is 0 Å². The molecule has 0 bridgehead atoms. The van der Waals surface area contributed by atoms with E-state index in [4.69, 9.17) is 0 Å². The summed E-state index contributed by atoms with van der Waals surface area (Å²) in [6.45, 7) is 0. The highest BCUT2D eigenvalue weighted by Gasteiger charge is 2.39. The highest BCUT2D eigenvalue weighted by atomic mass is 35.5. The predicted molar refractivity (Wildman–Crippen MR) is 31.6 cm³/mol. The molecular formula is C5H4ClF5O. The number of hydrogen-bond donors (Lipinski definition) is 0. The van der Waals surface area contributed by atoms with Gasteiger partial charge in [0.1, 0.15) is 0 Å². The van der Waals surface area contributed by atoms with E-state index in [1.54, 1.807) is 0 Å². The predicted octanol–water partition coefficient (Wildman–Crippen LogP) is 2.03. The van der Waals surface area contributed by atoms with Gasteiger partial charge in [-0.3, -0.25) is 4.79 Å². The van der Waals surface area contributed by atoms with Crippen molar-refractivity contribution in [3.63, 3.8) is 0 Å². The third-order valence-corrected chi connectivity index (χ3v) is 1.25. The lowest BCUT2D eigenvalue weighted by atomic mass is 10.2. The Balaban J connectivity index is 4.18. The monoisotopic (exact) mass is 210 g/mol. The second-order valence-corrected chi connectivity index (χ2v) is 2.30. The van der Waals surface area contributed by atoms with Gasteiger partial charge in [0, 0.05) is 0 Å².